The summed E-state index contributed by atoms with van der Waals surface area (Å²) in [5.74, 6) is 14.1. The van der Waals surface area contributed by atoms with Gasteiger partial charge in [-0.2, -0.15) is 0 Å². The maximum absolute atomic E-state index is 4.54. The highest BCUT2D eigenvalue weighted by molar-refractivity contribution is 6.12. The summed E-state index contributed by atoms with van der Waals surface area (Å²) in [5.41, 5.74) is 20.3. The Labute approximate surface area is 496 Å². The first-order valence-corrected chi connectivity index (χ1v) is 29.8. The van der Waals surface area contributed by atoms with Gasteiger partial charge in [0.2, 0.25) is 0 Å². The van der Waals surface area contributed by atoms with Gasteiger partial charge in [0, 0.05) is 84.7 Å². The van der Waals surface area contributed by atoms with Gasteiger partial charge in [-0.1, -0.05) is 136 Å². The van der Waals surface area contributed by atoms with Crippen LogP contribution in [0.3, 0.4) is 0 Å². The van der Waals surface area contributed by atoms with E-state index in [2.05, 4.69) is 315 Å². The maximum atomic E-state index is 4.54. The lowest BCUT2D eigenvalue weighted by atomic mass is 9.85. The normalized spacial score (nSPS) is 12.5. The molecule has 0 bridgehead atoms. The van der Waals surface area contributed by atoms with E-state index in [-0.39, 0.29) is 21.7 Å². The second kappa shape index (κ2) is 21.0. The third kappa shape index (κ3) is 10.5. The van der Waals surface area contributed by atoms with Crippen LogP contribution in [0.25, 0.3) is 82.5 Å². The van der Waals surface area contributed by atoms with E-state index in [4.69, 9.17) is 0 Å². The Morgan fingerprint density at radius 1 is 0.310 bits per heavy atom. The van der Waals surface area contributed by atoms with E-state index >= 15 is 0 Å². The number of nitrogens with zero attached hydrogens (tertiary/aromatic N) is 6. The molecule has 0 saturated carbocycles. The fourth-order valence-electron chi connectivity index (χ4n) is 11.7. The van der Waals surface area contributed by atoms with E-state index in [1.165, 1.54) is 65.9 Å². The fraction of sp³-hybridized carbons (Fsp3) is 0.256. The van der Waals surface area contributed by atoms with Crippen LogP contribution in [0, 0.1) is 23.7 Å². The van der Waals surface area contributed by atoms with Crippen LogP contribution in [0.5, 0.6) is 0 Å². The van der Waals surface area contributed by atoms with Crippen molar-refractivity contribution in [3.05, 3.63) is 226 Å². The Morgan fingerprint density at radius 2 is 0.560 bits per heavy atom. The van der Waals surface area contributed by atoms with E-state index in [9.17, 15) is 0 Å². The molecule has 418 valence electrons. The highest BCUT2D eigenvalue weighted by atomic mass is 15.5. The zero-order chi connectivity index (χ0) is 59.0. The zero-order valence-electron chi connectivity index (χ0n) is 51.4. The predicted molar refractivity (Wildman–Crippen MR) is 357 cm³/mol. The third-order valence-corrected chi connectivity index (χ3v) is 16.8. The van der Waals surface area contributed by atoms with Crippen molar-refractivity contribution in [3.63, 3.8) is 0 Å². The number of benzene rings is 9. The summed E-state index contributed by atoms with van der Waals surface area (Å²) in [5, 5.41) is 18.3. The molecule has 0 aliphatic carbocycles. The van der Waals surface area contributed by atoms with Crippen molar-refractivity contribution in [3.8, 4) is 40.7 Å². The molecular formula is C78H76N6. The zero-order valence-corrected chi connectivity index (χ0v) is 51.4. The van der Waals surface area contributed by atoms with Gasteiger partial charge in [0.25, 0.3) is 0 Å². The van der Waals surface area contributed by atoms with Gasteiger partial charge in [-0.15, -0.1) is 5.11 Å². The number of hydrogen-bond donors (Lipinski definition) is 0. The molecule has 0 N–H and O–H groups in total. The first-order valence-electron chi connectivity index (χ1n) is 29.8. The first kappa shape index (κ1) is 55.4. The Morgan fingerprint density at radius 3 is 0.845 bits per heavy atom. The highest BCUT2D eigenvalue weighted by Crippen LogP contribution is 2.41. The summed E-state index contributed by atoms with van der Waals surface area (Å²) in [6, 6.07) is 66.9. The molecule has 3 aromatic heterocycles. The molecule has 0 spiro atoms. The molecule has 0 amide bonds. The molecule has 0 radical (unpaired) electrons. The van der Waals surface area contributed by atoms with Crippen molar-refractivity contribution in [2.24, 2.45) is 10.3 Å². The number of rotatable bonds is 7. The Kier molecular flexibility index (Phi) is 13.8. The Bertz CT molecular complexity index is 4280. The summed E-state index contributed by atoms with van der Waals surface area (Å²) in [4.78, 5) is 0. The van der Waals surface area contributed by atoms with Crippen molar-refractivity contribution in [2.45, 2.75) is 119 Å². The number of aromatic nitrogens is 3. The van der Waals surface area contributed by atoms with Gasteiger partial charge >= 0.3 is 0 Å². The van der Waals surface area contributed by atoms with E-state index < -0.39 is 0 Å². The van der Waals surface area contributed by atoms with Crippen LogP contribution in [0.15, 0.2) is 192 Å². The van der Waals surface area contributed by atoms with Crippen molar-refractivity contribution in [1.29, 1.82) is 0 Å². The summed E-state index contributed by atoms with van der Waals surface area (Å²) < 4.78 is 7.13. The molecule has 9 aromatic carbocycles. The quantitative estimate of drug-likeness (QED) is 0.0891. The third-order valence-electron chi connectivity index (χ3n) is 16.8. The Hall–Kier alpha value is -9.10. The minimum absolute atomic E-state index is 0.0387. The monoisotopic (exact) mass is 1100 g/mol. The van der Waals surface area contributed by atoms with Gasteiger partial charge in [-0.3, -0.25) is 5.01 Å². The first-order chi connectivity index (χ1) is 40.0. The average molecular weight is 1100 g/mol. The van der Waals surface area contributed by atoms with Crippen LogP contribution in [0.1, 0.15) is 141 Å². The van der Waals surface area contributed by atoms with Gasteiger partial charge < -0.3 is 13.7 Å². The lowest BCUT2D eigenvalue weighted by Crippen LogP contribution is -2.14. The van der Waals surface area contributed by atoms with Crippen LogP contribution >= 0.6 is 0 Å². The maximum Gasteiger partial charge on any atom is 0.0875 e. The minimum Gasteiger partial charge on any atom is -0.309 e. The molecule has 0 unspecified atom stereocenters. The molecule has 0 saturated heterocycles. The van der Waals surface area contributed by atoms with Gasteiger partial charge in [-0.25, -0.2) is 0 Å². The second-order valence-corrected chi connectivity index (χ2v) is 26.8. The molecular weight excluding hydrogens is 1020 g/mol. The van der Waals surface area contributed by atoms with Crippen LogP contribution in [0.4, 0.5) is 5.69 Å². The van der Waals surface area contributed by atoms with E-state index in [1.807, 2.05) is 17.1 Å². The molecule has 0 atom stereocenters. The van der Waals surface area contributed by atoms with Crippen LogP contribution in [-0.4, -0.2) is 31.8 Å². The lowest BCUT2D eigenvalue weighted by molar-refractivity contribution is 0.301. The smallest absolute Gasteiger partial charge is 0.0875 e. The Balaban J connectivity index is 0.895. The molecule has 0 fully saturated rings. The molecule has 12 aromatic rings. The summed E-state index contributed by atoms with van der Waals surface area (Å²) in [7, 11) is 0. The summed E-state index contributed by atoms with van der Waals surface area (Å²) in [6.45, 7) is 33.3. The molecule has 84 heavy (non-hydrogen) atoms. The lowest BCUT2D eigenvalue weighted by Gasteiger charge is -2.19. The predicted octanol–water partition coefficient (Wildman–Crippen LogP) is 20.3. The highest BCUT2D eigenvalue weighted by Gasteiger charge is 2.24. The second-order valence-electron chi connectivity index (χ2n) is 26.8. The fourth-order valence-corrected chi connectivity index (χ4v) is 11.7. The van der Waals surface area contributed by atoms with Gasteiger partial charge in [-0.05, 0) is 215 Å². The van der Waals surface area contributed by atoms with Crippen LogP contribution in [0.2, 0.25) is 0 Å². The molecule has 6 heteroatoms. The molecule has 0 aliphatic heterocycles. The van der Waals surface area contributed by atoms with Gasteiger partial charge in [0.1, 0.15) is 0 Å². The summed E-state index contributed by atoms with van der Waals surface area (Å²) >= 11 is 0. The minimum atomic E-state index is 0.0387. The van der Waals surface area contributed by atoms with E-state index in [1.54, 1.807) is 0 Å². The largest absolute Gasteiger partial charge is 0.309 e. The SMILES string of the molecule is CCN(CC)N=Nc1ccc(-n2c3ccc(C#Cc4ccc(-n5c6ccc(C(C)(C)C)cc6c6cc(C(C)(C)C)ccc65)cc4)cc3c3cc(C#Cc4ccc(-n5c6ccc(C(C)(C)C)cc6c6cc(C(C)(C)C)ccc65)cc4)ccc32)cc1. The van der Waals surface area contributed by atoms with Crippen molar-refractivity contribution in [2.75, 3.05) is 13.1 Å². The van der Waals surface area contributed by atoms with Crippen LogP contribution < -0.4 is 0 Å². The van der Waals surface area contributed by atoms with E-state index in [0.29, 0.717) is 0 Å². The molecule has 0 aliphatic rings. The number of hydrogen-bond acceptors (Lipinski definition) is 2. The van der Waals surface area contributed by atoms with Gasteiger partial charge in [0.15, 0.2) is 0 Å². The van der Waals surface area contributed by atoms with Crippen molar-refractivity contribution >= 4 is 71.1 Å². The van der Waals surface area contributed by atoms with E-state index in [0.717, 1.165) is 79.9 Å². The average Bonchev–Trinajstić information content (AvgIpc) is 3.93. The number of fused-ring (bicyclic) bond motifs is 9. The van der Waals surface area contributed by atoms with Gasteiger partial charge in [0.05, 0.1) is 38.8 Å². The molecule has 6 nitrogen and oxygen atoms in total. The van der Waals surface area contributed by atoms with Crippen molar-refractivity contribution < 1.29 is 0 Å². The molecule has 12 rings (SSSR count). The standard InChI is InChI=1S/C78H76N6/c1-15-81(16-2)80-79-59-31-37-62(38-32-59)84-69-39-25-53(19-17-51-21-33-60(34-22-51)82-71-41-27-55(75(3,4)5)47-65(71)66-48-56(76(6,7)8)28-42-72(66)82)45-63(69)64-46-54(26-40-70(64)84)20-18-52-23-35-61(36-24-52)83-73-43-29-57(77(9,10)11)49-67(73)68-50-58(78(12,13)14)30-44-74(68)83/h21-50H,15-16H2,1-14H3. The summed E-state index contributed by atoms with van der Waals surface area (Å²) in [6.07, 6.45) is 0. The molecule has 3 heterocycles. The van der Waals surface area contributed by atoms with Crippen LogP contribution in [-0.2, 0) is 21.7 Å². The van der Waals surface area contributed by atoms with Crippen molar-refractivity contribution in [1.82, 2.24) is 18.7 Å². The topological polar surface area (TPSA) is 42.8 Å².